The second kappa shape index (κ2) is 70.9. The number of para-hydroxylation sites is 1. The molecular weight excluding hydrogens is 624 g/mol. The van der Waals surface area contributed by atoms with Crippen LogP contribution in [-0.4, -0.2) is 69.7 Å². The SMILES string of the molecule is [CH2]C(CCCCCCCCC)(OC=CC(=O)O)Oc1ccccc1.[CH2]C[O].[CH2]C[O].[CH2]C[O].[CH2]C[O].[CH2]C[O].[CH2]C[O].[CH2]C[O].[CH2]C[O]. The van der Waals surface area contributed by atoms with Crippen LogP contribution in [0.4, 0.5) is 0 Å². The zero-order chi connectivity index (χ0) is 39.3. The summed E-state index contributed by atoms with van der Waals surface area (Å²) in [7, 11) is 0. The van der Waals surface area contributed by atoms with Gasteiger partial charge in [-0.1, -0.05) is 63.6 Å². The summed E-state index contributed by atoms with van der Waals surface area (Å²) in [5.41, 5.74) is 0. The molecule has 1 N–H and O–H groups in total. The number of ether oxygens (including phenoxy) is 2. The van der Waals surface area contributed by atoms with Crippen molar-refractivity contribution >= 4 is 5.97 Å². The highest BCUT2D eigenvalue weighted by atomic mass is 16.7. The van der Waals surface area contributed by atoms with Crippen LogP contribution >= 0.6 is 0 Å². The lowest BCUT2D eigenvalue weighted by Gasteiger charge is -2.29. The number of carbonyl (C=O) groups is 1. The molecule has 0 aromatic heterocycles. The molecule has 1 rings (SSSR count). The number of hydrogen-bond donors (Lipinski definition) is 1. The number of aliphatic carboxylic acids is 1. The van der Waals surface area contributed by atoms with Crippen molar-refractivity contribution in [1.82, 2.24) is 0 Å². The maximum Gasteiger partial charge on any atom is 0.331 e. The van der Waals surface area contributed by atoms with Crippen molar-refractivity contribution in [3.63, 3.8) is 0 Å². The summed E-state index contributed by atoms with van der Waals surface area (Å²) in [4.78, 5) is 10.6. The lowest BCUT2D eigenvalue weighted by atomic mass is 10.1. The first kappa shape index (κ1) is 64.3. The molecule has 0 saturated carbocycles. The fourth-order valence-electron chi connectivity index (χ4n) is 2.41. The molecule has 0 spiro atoms. The molecule has 0 amide bonds. The lowest BCUT2D eigenvalue weighted by Crippen LogP contribution is -2.34. The third-order valence-corrected chi connectivity index (χ3v) is 3.70. The average Bonchev–Trinajstić information content (AvgIpc) is 3.00. The predicted octanol–water partition coefficient (Wildman–Crippen LogP) is 7.36. The molecule has 0 fully saturated rings. The molecule has 12 heteroatoms. The van der Waals surface area contributed by atoms with E-state index in [0.29, 0.717) is 12.2 Å². The minimum Gasteiger partial charge on any atom is -0.478 e. The van der Waals surface area contributed by atoms with E-state index in [1.807, 2.05) is 30.3 Å². The molecule has 48 heavy (non-hydrogen) atoms. The molecule has 0 aliphatic carbocycles. The van der Waals surface area contributed by atoms with Crippen molar-refractivity contribution in [2.24, 2.45) is 0 Å². The molecule has 17 radical (unpaired) electrons. The van der Waals surface area contributed by atoms with Gasteiger partial charge in [-0.05, 0) is 73.9 Å². The highest BCUT2D eigenvalue weighted by molar-refractivity contribution is 5.79. The van der Waals surface area contributed by atoms with Crippen molar-refractivity contribution in [3.05, 3.63) is 105 Å². The Kier molecular flexibility index (Phi) is 94.9. The van der Waals surface area contributed by atoms with Crippen molar-refractivity contribution in [3.8, 4) is 5.75 Å². The van der Waals surface area contributed by atoms with Crippen LogP contribution in [0.1, 0.15) is 58.3 Å². The molecular formula is C36H61O12. The van der Waals surface area contributed by atoms with Gasteiger partial charge in [-0.15, -0.1) is 0 Å². The Morgan fingerprint density at radius 2 is 0.938 bits per heavy atom. The predicted molar refractivity (Wildman–Crippen MR) is 183 cm³/mol. The van der Waals surface area contributed by atoms with E-state index in [4.69, 9.17) is 55.4 Å². The highest BCUT2D eigenvalue weighted by Gasteiger charge is 2.27. The van der Waals surface area contributed by atoms with Gasteiger partial charge in [-0.25, -0.2) is 45.6 Å². The quantitative estimate of drug-likeness (QED) is 0.0974. The van der Waals surface area contributed by atoms with E-state index in [1.54, 1.807) is 0 Å². The molecule has 0 bridgehead atoms. The first-order valence-electron chi connectivity index (χ1n) is 15.0. The van der Waals surface area contributed by atoms with Crippen molar-refractivity contribution in [2.75, 3.05) is 52.9 Å². The fourth-order valence-corrected chi connectivity index (χ4v) is 2.41. The van der Waals surface area contributed by atoms with Gasteiger partial charge in [0.15, 0.2) is 0 Å². The monoisotopic (exact) mass is 685 g/mol. The van der Waals surface area contributed by atoms with Crippen LogP contribution in [0.5, 0.6) is 5.75 Å². The average molecular weight is 686 g/mol. The Bertz CT molecular complexity index is 596. The standard InChI is InChI=1S/C20H29O4.8C2H4O/c1-3-4-5-6-7-8-12-16-20(2,23-17-15-19(21)22)24-18-13-10-9-11-14-18;8*1-2-3/h9-11,13-15,17H,2-8,12,16H2,1H3,(H,21,22);8*1-2H2. The number of benzene rings is 1. The summed E-state index contributed by atoms with van der Waals surface area (Å²) in [5, 5.41) is 79.2. The van der Waals surface area contributed by atoms with Crippen LogP contribution in [0.3, 0.4) is 0 Å². The summed E-state index contributed by atoms with van der Waals surface area (Å²) < 4.78 is 11.3. The number of carboxylic acids is 1. The summed E-state index contributed by atoms with van der Waals surface area (Å²) in [6, 6.07) is 9.30. The number of carboxylic acid groups (broad SMARTS) is 1. The minimum absolute atomic E-state index is 0.250. The van der Waals surface area contributed by atoms with E-state index in [-0.39, 0.29) is 52.9 Å². The van der Waals surface area contributed by atoms with Crippen molar-refractivity contribution < 1.29 is 60.2 Å². The van der Waals surface area contributed by atoms with Gasteiger partial charge in [0, 0.05) is 13.3 Å². The molecule has 0 heterocycles. The third kappa shape index (κ3) is 104. The van der Waals surface area contributed by atoms with Crippen LogP contribution in [0.25, 0.3) is 0 Å². The van der Waals surface area contributed by atoms with Gasteiger partial charge in [0.25, 0.3) is 5.79 Å². The van der Waals surface area contributed by atoms with E-state index in [2.05, 4.69) is 69.2 Å². The Hall–Kier alpha value is -2.29. The Morgan fingerprint density at radius 3 is 1.25 bits per heavy atom. The van der Waals surface area contributed by atoms with Crippen molar-refractivity contribution in [1.29, 1.82) is 0 Å². The number of rotatable bonds is 13. The molecule has 0 aliphatic heterocycles. The van der Waals surface area contributed by atoms with Gasteiger partial charge in [-0.2, -0.15) is 0 Å². The number of unbranched alkanes of at least 4 members (excludes halogenated alkanes) is 6. The first-order valence-corrected chi connectivity index (χ1v) is 15.0. The Labute approximate surface area is 293 Å². The minimum atomic E-state index is -1.11. The van der Waals surface area contributed by atoms with Gasteiger partial charge < -0.3 is 14.6 Å². The van der Waals surface area contributed by atoms with E-state index >= 15 is 0 Å². The normalized spacial score (nSPS) is 9.79. The van der Waals surface area contributed by atoms with E-state index < -0.39 is 11.8 Å². The zero-order valence-electron chi connectivity index (χ0n) is 29.2. The lowest BCUT2D eigenvalue weighted by molar-refractivity contribution is -0.132. The third-order valence-electron chi connectivity index (χ3n) is 3.70. The summed E-state index contributed by atoms with van der Waals surface area (Å²) in [6.45, 7) is 27.7. The van der Waals surface area contributed by atoms with Crippen LogP contribution in [0, 0.1) is 62.3 Å². The fraction of sp³-hybridized carbons (Fsp3) is 0.500. The van der Waals surface area contributed by atoms with Gasteiger partial charge in [0.1, 0.15) is 5.75 Å². The van der Waals surface area contributed by atoms with Crippen LogP contribution < -0.4 is 4.74 Å². The van der Waals surface area contributed by atoms with Gasteiger partial charge >= 0.3 is 5.97 Å². The second-order valence-electron chi connectivity index (χ2n) is 7.59. The first-order chi connectivity index (χ1) is 22.9. The molecule has 1 unspecified atom stereocenters. The van der Waals surface area contributed by atoms with Crippen LogP contribution in [0.2, 0.25) is 0 Å². The topological polar surface area (TPSA) is 215 Å². The van der Waals surface area contributed by atoms with Crippen molar-refractivity contribution in [2.45, 2.75) is 64.1 Å². The largest absolute Gasteiger partial charge is 0.478 e. The van der Waals surface area contributed by atoms with Crippen LogP contribution in [-0.2, 0) is 50.4 Å². The maximum atomic E-state index is 10.6. The molecule has 277 valence electrons. The summed E-state index contributed by atoms with van der Waals surface area (Å²) >= 11 is 0. The molecule has 1 aromatic rings. The Morgan fingerprint density at radius 1 is 0.625 bits per heavy atom. The molecule has 12 nitrogen and oxygen atoms in total. The maximum absolute atomic E-state index is 10.6. The smallest absolute Gasteiger partial charge is 0.331 e. The van der Waals surface area contributed by atoms with E-state index in [0.717, 1.165) is 25.2 Å². The number of hydrogen-bond acceptors (Lipinski definition) is 3. The second-order valence-corrected chi connectivity index (χ2v) is 7.59. The molecule has 0 aliphatic rings. The van der Waals surface area contributed by atoms with Gasteiger partial charge in [0.2, 0.25) is 0 Å². The van der Waals surface area contributed by atoms with Gasteiger partial charge in [-0.3, -0.25) is 0 Å². The molecule has 1 atom stereocenters. The molecule has 0 saturated heterocycles. The highest BCUT2D eigenvalue weighted by Crippen LogP contribution is 2.25. The molecule has 1 aromatic carbocycles. The summed E-state index contributed by atoms with van der Waals surface area (Å²) in [5.74, 6) is -1.52. The van der Waals surface area contributed by atoms with E-state index in [1.165, 1.54) is 32.1 Å². The zero-order valence-corrected chi connectivity index (χ0v) is 29.2. The Balaban J connectivity index is -0.0000000904. The van der Waals surface area contributed by atoms with Crippen LogP contribution in [0.15, 0.2) is 42.7 Å². The summed E-state index contributed by atoms with van der Waals surface area (Å²) in [6.07, 6.45) is 10.9. The van der Waals surface area contributed by atoms with E-state index in [9.17, 15) is 4.79 Å². The van der Waals surface area contributed by atoms with Gasteiger partial charge in [0.05, 0.1) is 65.2 Å².